The molecule has 2 heterocycles. The van der Waals surface area contributed by atoms with E-state index in [1.54, 1.807) is 12.1 Å². The molecule has 5 rings (SSSR count). The number of fused-ring (bicyclic) bond motifs is 1. The molecular weight excluding hydrogens is 399 g/mol. The monoisotopic (exact) mass is 420 g/mol. The maximum Gasteiger partial charge on any atom is 0.254 e. The molecule has 0 radical (unpaired) electrons. The number of allylic oxidation sites excluding steroid dienone is 3. The molecule has 1 atom stereocenters. The smallest absolute Gasteiger partial charge is 0.254 e. The Morgan fingerprint density at radius 1 is 1.13 bits per heavy atom. The second-order valence-corrected chi connectivity index (χ2v) is 7.84. The standard InChI is InChI=1S/C24H21FN2O4/c1-13-21(24(29)27-16-5-2-4-15(25)11-16)22(23-17(26-13)6-3-7-18(23)28)14-8-9-19-20(10-14)31-12-30-19/h2,4-5,8-11,22,26H,3,6-7,12H2,1H3,(H,27,29). The molecule has 31 heavy (non-hydrogen) atoms. The van der Waals surface area contributed by atoms with Crippen LogP contribution in [0.3, 0.4) is 0 Å². The average molecular weight is 420 g/mol. The number of ether oxygens (including phenoxy) is 2. The Bertz CT molecular complexity index is 1170. The van der Waals surface area contributed by atoms with Crippen molar-refractivity contribution in [1.82, 2.24) is 5.32 Å². The van der Waals surface area contributed by atoms with E-state index in [0.29, 0.717) is 40.5 Å². The number of hydrogen-bond donors (Lipinski definition) is 2. The molecule has 2 N–H and O–H groups in total. The van der Waals surface area contributed by atoms with Gasteiger partial charge in [-0.3, -0.25) is 9.59 Å². The summed E-state index contributed by atoms with van der Waals surface area (Å²) in [6.45, 7) is 1.96. The molecule has 6 nitrogen and oxygen atoms in total. The number of amides is 1. The zero-order valence-corrected chi connectivity index (χ0v) is 17.0. The SMILES string of the molecule is CC1=C(C(=O)Nc2cccc(F)c2)C(c2ccc3c(c2)OCO3)C2=C(CCCC2=O)N1. The minimum absolute atomic E-state index is 0.0278. The Kier molecular flexibility index (Phi) is 4.73. The largest absolute Gasteiger partial charge is 0.454 e. The van der Waals surface area contributed by atoms with Crippen molar-refractivity contribution in [3.8, 4) is 11.5 Å². The fourth-order valence-electron chi connectivity index (χ4n) is 4.47. The summed E-state index contributed by atoms with van der Waals surface area (Å²) in [4.78, 5) is 26.3. The van der Waals surface area contributed by atoms with Gasteiger partial charge in [0.1, 0.15) is 5.82 Å². The van der Waals surface area contributed by atoms with E-state index >= 15 is 0 Å². The lowest BCUT2D eigenvalue weighted by Gasteiger charge is -2.34. The molecule has 0 bridgehead atoms. The minimum atomic E-state index is -0.549. The molecule has 0 spiro atoms. The van der Waals surface area contributed by atoms with E-state index in [4.69, 9.17) is 9.47 Å². The number of carbonyl (C=O) groups is 2. The van der Waals surface area contributed by atoms with Crippen molar-refractivity contribution in [2.24, 2.45) is 0 Å². The summed E-state index contributed by atoms with van der Waals surface area (Å²) >= 11 is 0. The number of rotatable bonds is 3. The second-order valence-electron chi connectivity index (χ2n) is 7.84. The lowest BCUT2D eigenvalue weighted by atomic mass is 9.75. The first-order valence-corrected chi connectivity index (χ1v) is 10.2. The van der Waals surface area contributed by atoms with Gasteiger partial charge in [-0.05, 0) is 55.7 Å². The van der Waals surface area contributed by atoms with Crippen molar-refractivity contribution < 1.29 is 23.5 Å². The molecule has 1 unspecified atom stereocenters. The Hall–Kier alpha value is -3.61. The first kappa shape index (κ1) is 19.4. The van der Waals surface area contributed by atoms with E-state index in [9.17, 15) is 14.0 Å². The van der Waals surface area contributed by atoms with Gasteiger partial charge in [0.2, 0.25) is 6.79 Å². The maximum absolute atomic E-state index is 13.6. The molecule has 0 saturated heterocycles. The lowest BCUT2D eigenvalue weighted by molar-refractivity contribution is -0.116. The number of Topliss-reactive ketones (excluding diaryl/α,β-unsaturated/α-hetero) is 1. The molecular formula is C24H21FN2O4. The third kappa shape index (κ3) is 3.46. The van der Waals surface area contributed by atoms with Crippen LogP contribution >= 0.6 is 0 Å². The highest BCUT2D eigenvalue weighted by Gasteiger charge is 2.39. The number of nitrogens with one attached hydrogen (secondary N) is 2. The third-order valence-electron chi connectivity index (χ3n) is 5.83. The number of dihydropyridines is 1. The van der Waals surface area contributed by atoms with Gasteiger partial charge in [0.05, 0.1) is 0 Å². The molecule has 1 aliphatic carbocycles. The summed E-state index contributed by atoms with van der Waals surface area (Å²) in [6, 6.07) is 11.2. The van der Waals surface area contributed by atoms with Crippen molar-refractivity contribution in [3.63, 3.8) is 0 Å². The van der Waals surface area contributed by atoms with Crippen molar-refractivity contribution in [3.05, 3.63) is 76.4 Å². The zero-order chi connectivity index (χ0) is 21.5. The molecule has 0 fully saturated rings. The van der Waals surface area contributed by atoms with Crippen LogP contribution in [0.25, 0.3) is 0 Å². The Labute approximate surface area is 178 Å². The van der Waals surface area contributed by atoms with Gasteiger partial charge in [0.15, 0.2) is 17.3 Å². The number of hydrogen-bond acceptors (Lipinski definition) is 5. The van der Waals surface area contributed by atoms with Gasteiger partial charge in [-0.2, -0.15) is 0 Å². The quantitative estimate of drug-likeness (QED) is 0.780. The summed E-state index contributed by atoms with van der Waals surface area (Å²) in [5, 5.41) is 6.06. The highest BCUT2D eigenvalue weighted by molar-refractivity contribution is 6.09. The first-order valence-electron chi connectivity index (χ1n) is 10.2. The highest BCUT2D eigenvalue weighted by Crippen LogP contribution is 2.45. The predicted octanol–water partition coefficient (Wildman–Crippen LogP) is 4.16. The van der Waals surface area contributed by atoms with Crippen LogP contribution in [0.2, 0.25) is 0 Å². The molecule has 3 aliphatic rings. The molecule has 7 heteroatoms. The van der Waals surface area contributed by atoms with Crippen molar-refractivity contribution in [2.45, 2.75) is 32.1 Å². The second kappa shape index (κ2) is 7.58. The molecule has 1 amide bonds. The van der Waals surface area contributed by atoms with Crippen LogP contribution in [0.15, 0.2) is 65.0 Å². The van der Waals surface area contributed by atoms with Crippen LogP contribution in [0.5, 0.6) is 11.5 Å². The summed E-state index contributed by atoms with van der Waals surface area (Å²) in [7, 11) is 0. The van der Waals surface area contributed by atoms with E-state index in [1.807, 2.05) is 19.1 Å². The van der Waals surface area contributed by atoms with E-state index < -0.39 is 11.7 Å². The molecule has 2 aliphatic heterocycles. The fourth-order valence-corrected chi connectivity index (χ4v) is 4.47. The van der Waals surface area contributed by atoms with Gasteiger partial charge in [-0.15, -0.1) is 0 Å². The Balaban J connectivity index is 1.59. The van der Waals surface area contributed by atoms with Crippen LogP contribution in [-0.2, 0) is 9.59 Å². The number of carbonyl (C=O) groups excluding carboxylic acids is 2. The van der Waals surface area contributed by atoms with Crippen LogP contribution < -0.4 is 20.1 Å². The van der Waals surface area contributed by atoms with Gasteiger partial charge in [0.25, 0.3) is 5.91 Å². The Morgan fingerprint density at radius 2 is 1.97 bits per heavy atom. The third-order valence-corrected chi connectivity index (χ3v) is 5.83. The van der Waals surface area contributed by atoms with Gasteiger partial charge in [0, 0.05) is 40.6 Å². The molecule has 2 aromatic carbocycles. The van der Waals surface area contributed by atoms with E-state index in [0.717, 1.165) is 24.1 Å². The summed E-state index contributed by atoms with van der Waals surface area (Å²) < 4.78 is 24.6. The van der Waals surface area contributed by atoms with Gasteiger partial charge < -0.3 is 20.1 Å². The van der Waals surface area contributed by atoms with Crippen molar-refractivity contribution in [1.29, 1.82) is 0 Å². The van der Waals surface area contributed by atoms with E-state index in [-0.39, 0.29) is 18.5 Å². The summed E-state index contributed by atoms with van der Waals surface area (Å²) in [5.74, 6) is -0.127. The fraction of sp³-hybridized carbons (Fsp3) is 0.250. The van der Waals surface area contributed by atoms with Gasteiger partial charge >= 0.3 is 0 Å². The van der Waals surface area contributed by atoms with E-state index in [2.05, 4.69) is 10.6 Å². The number of anilines is 1. The topological polar surface area (TPSA) is 76.7 Å². The molecule has 0 saturated carbocycles. The number of ketones is 1. The number of benzene rings is 2. The van der Waals surface area contributed by atoms with Crippen molar-refractivity contribution >= 4 is 17.4 Å². The summed E-state index contributed by atoms with van der Waals surface area (Å²) in [5.41, 5.74) is 3.70. The predicted molar refractivity (Wildman–Crippen MR) is 112 cm³/mol. The lowest BCUT2D eigenvalue weighted by Crippen LogP contribution is -2.35. The van der Waals surface area contributed by atoms with Crippen LogP contribution in [0.1, 0.15) is 37.7 Å². The van der Waals surface area contributed by atoms with Gasteiger partial charge in [-0.1, -0.05) is 12.1 Å². The van der Waals surface area contributed by atoms with Crippen LogP contribution in [0, 0.1) is 5.82 Å². The summed E-state index contributed by atoms with van der Waals surface area (Å²) in [6.07, 6.45) is 1.97. The first-order chi connectivity index (χ1) is 15.0. The van der Waals surface area contributed by atoms with Gasteiger partial charge in [-0.25, -0.2) is 4.39 Å². The highest BCUT2D eigenvalue weighted by atomic mass is 19.1. The van der Waals surface area contributed by atoms with Crippen molar-refractivity contribution in [2.75, 3.05) is 12.1 Å². The molecule has 158 valence electrons. The maximum atomic E-state index is 13.6. The van der Waals surface area contributed by atoms with Crippen LogP contribution in [-0.4, -0.2) is 18.5 Å². The zero-order valence-electron chi connectivity index (χ0n) is 17.0. The van der Waals surface area contributed by atoms with Crippen LogP contribution in [0.4, 0.5) is 10.1 Å². The minimum Gasteiger partial charge on any atom is -0.454 e. The Morgan fingerprint density at radius 3 is 2.81 bits per heavy atom. The average Bonchev–Trinajstić information content (AvgIpc) is 3.20. The van der Waals surface area contributed by atoms with E-state index in [1.165, 1.54) is 18.2 Å². The molecule has 0 aromatic heterocycles. The number of halogens is 1. The normalized spacial score (nSPS) is 19.8. The molecule has 2 aromatic rings.